The number of nitriles is 1. The maximum absolute atomic E-state index is 12.2. The van der Waals surface area contributed by atoms with Crippen LogP contribution in [0, 0.1) is 11.3 Å². The number of nitrogens with two attached hydrogens (primary N) is 1. The first-order valence-corrected chi connectivity index (χ1v) is 11.0. The maximum atomic E-state index is 12.2. The molecule has 5 aromatic rings. The van der Waals surface area contributed by atoms with Gasteiger partial charge < -0.3 is 15.6 Å². The minimum atomic E-state index is -0.342. The van der Waals surface area contributed by atoms with Crippen LogP contribution in [0.2, 0.25) is 0 Å². The third-order valence-electron chi connectivity index (χ3n) is 6.43. The Hall–Kier alpha value is -5.03. The SMILES string of the molecule is C=CC(=O)NC1Cn2c(c(-c3cnc4ccccc4c3)c3c(N)ncnc32)-c2cc(C#N)ccc21. The Morgan fingerprint density at radius 1 is 1.20 bits per heavy atom. The normalized spacial score (nSPS) is 14.2. The Morgan fingerprint density at radius 2 is 2.06 bits per heavy atom. The number of pyridine rings is 1. The van der Waals surface area contributed by atoms with Gasteiger partial charge in [-0.15, -0.1) is 0 Å². The van der Waals surface area contributed by atoms with Crippen molar-refractivity contribution in [3.63, 3.8) is 0 Å². The fraction of sp³-hybridized carbons (Fsp3) is 0.0741. The molecule has 1 aliphatic heterocycles. The maximum Gasteiger partial charge on any atom is 0.243 e. The molecule has 1 amide bonds. The molecule has 1 unspecified atom stereocenters. The van der Waals surface area contributed by atoms with Crippen LogP contribution in [0.4, 0.5) is 5.82 Å². The summed E-state index contributed by atoms with van der Waals surface area (Å²) in [4.78, 5) is 25.7. The highest BCUT2D eigenvalue weighted by atomic mass is 16.1. The Balaban J connectivity index is 1.71. The van der Waals surface area contributed by atoms with E-state index in [1.165, 1.54) is 12.4 Å². The predicted molar refractivity (Wildman–Crippen MR) is 134 cm³/mol. The largest absolute Gasteiger partial charge is 0.383 e. The number of fused-ring (bicyclic) bond motifs is 6. The molecule has 0 saturated carbocycles. The molecule has 6 rings (SSSR count). The van der Waals surface area contributed by atoms with Crippen LogP contribution in [0.3, 0.4) is 0 Å². The molecule has 8 heteroatoms. The smallest absolute Gasteiger partial charge is 0.243 e. The first-order valence-electron chi connectivity index (χ1n) is 11.0. The van der Waals surface area contributed by atoms with E-state index < -0.39 is 0 Å². The summed E-state index contributed by atoms with van der Waals surface area (Å²) in [5.41, 5.74) is 12.8. The molecular formula is C27H19N7O. The van der Waals surface area contributed by atoms with Crippen molar-refractivity contribution in [2.24, 2.45) is 0 Å². The number of anilines is 1. The number of rotatable bonds is 3. The van der Waals surface area contributed by atoms with Crippen LogP contribution in [0.25, 0.3) is 44.3 Å². The lowest BCUT2D eigenvalue weighted by atomic mass is 9.89. The average molecular weight is 457 g/mol. The molecule has 0 aliphatic carbocycles. The summed E-state index contributed by atoms with van der Waals surface area (Å²) < 4.78 is 2.04. The Morgan fingerprint density at radius 3 is 2.89 bits per heavy atom. The number of hydrogen-bond donors (Lipinski definition) is 2. The second-order valence-electron chi connectivity index (χ2n) is 8.39. The Bertz CT molecular complexity index is 1730. The molecule has 0 spiro atoms. The van der Waals surface area contributed by atoms with Gasteiger partial charge in [0, 0.05) is 34.8 Å². The number of aromatic nitrogens is 4. The average Bonchev–Trinajstić information content (AvgIpc) is 3.23. The Labute approximate surface area is 200 Å². The fourth-order valence-electron chi connectivity index (χ4n) is 4.91. The molecule has 168 valence electrons. The zero-order chi connectivity index (χ0) is 24.1. The number of para-hydroxylation sites is 1. The minimum Gasteiger partial charge on any atom is -0.383 e. The zero-order valence-corrected chi connectivity index (χ0v) is 18.6. The van der Waals surface area contributed by atoms with Crippen molar-refractivity contribution in [3.05, 3.63) is 84.8 Å². The standard InChI is InChI=1S/C27H19N7O/c1-2-22(35)33-21-13-34-25(19-9-15(11-28)7-8-18(19)21)23(24-26(29)31-14-32-27(24)34)17-10-16-5-3-4-6-20(16)30-12-17/h2-10,12,14,21H,1,13H2,(H,33,35)(H2,29,31,32). The zero-order valence-electron chi connectivity index (χ0n) is 18.6. The van der Waals surface area contributed by atoms with Gasteiger partial charge in [-0.05, 0) is 35.9 Å². The first kappa shape index (κ1) is 20.6. The lowest BCUT2D eigenvalue weighted by Crippen LogP contribution is -2.32. The van der Waals surface area contributed by atoms with Crippen LogP contribution in [-0.2, 0) is 11.3 Å². The van der Waals surface area contributed by atoms with Gasteiger partial charge in [0.15, 0.2) is 0 Å². The third kappa shape index (κ3) is 3.14. The van der Waals surface area contributed by atoms with Crippen LogP contribution in [0.5, 0.6) is 0 Å². The van der Waals surface area contributed by atoms with Gasteiger partial charge in [0.1, 0.15) is 17.8 Å². The van der Waals surface area contributed by atoms with E-state index in [1.54, 1.807) is 6.07 Å². The highest BCUT2D eigenvalue weighted by Gasteiger charge is 2.32. The molecule has 0 saturated heterocycles. The van der Waals surface area contributed by atoms with Gasteiger partial charge in [0.05, 0.1) is 34.3 Å². The van der Waals surface area contributed by atoms with Gasteiger partial charge in [-0.1, -0.05) is 30.8 Å². The van der Waals surface area contributed by atoms with Crippen LogP contribution < -0.4 is 11.1 Å². The molecule has 1 atom stereocenters. The van der Waals surface area contributed by atoms with E-state index in [1.807, 2.05) is 47.2 Å². The highest BCUT2D eigenvalue weighted by Crippen LogP contribution is 2.47. The number of hydrogen-bond acceptors (Lipinski definition) is 6. The molecule has 0 fully saturated rings. The molecule has 0 bridgehead atoms. The number of carbonyl (C=O) groups is 1. The number of nitrogen functional groups attached to an aromatic ring is 1. The summed E-state index contributed by atoms with van der Waals surface area (Å²) in [7, 11) is 0. The van der Waals surface area contributed by atoms with Crippen molar-refractivity contribution < 1.29 is 4.79 Å². The van der Waals surface area contributed by atoms with E-state index in [2.05, 4.69) is 39.0 Å². The number of benzene rings is 2. The van der Waals surface area contributed by atoms with E-state index in [-0.39, 0.29) is 11.9 Å². The summed E-state index contributed by atoms with van der Waals surface area (Å²) in [6.07, 6.45) is 4.51. The third-order valence-corrected chi connectivity index (χ3v) is 6.43. The molecule has 2 aromatic carbocycles. The van der Waals surface area contributed by atoms with Crippen molar-refractivity contribution in [3.8, 4) is 28.5 Å². The first-order chi connectivity index (χ1) is 17.1. The second kappa shape index (κ2) is 7.78. The number of carbonyl (C=O) groups excluding carboxylic acids is 1. The lowest BCUT2D eigenvalue weighted by molar-refractivity contribution is -0.117. The minimum absolute atomic E-state index is 0.279. The summed E-state index contributed by atoms with van der Waals surface area (Å²) in [6, 6.07) is 17.3. The van der Waals surface area contributed by atoms with E-state index in [0.29, 0.717) is 29.0 Å². The number of nitrogens with one attached hydrogen (secondary N) is 1. The molecule has 4 heterocycles. The summed E-state index contributed by atoms with van der Waals surface area (Å²) >= 11 is 0. The van der Waals surface area contributed by atoms with E-state index >= 15 is 0 Å². The van der Waals surface area contributed by atoms with Gasteiger partial charge in [-0.3, -0.25) is 9.78 Å². The second-order valence-corrected chi connectivity index (χ2v) is 8.39. The van der Waals surface area contributed by atoms with Crippen LogP contribution in [0.1, 0.15) is 17.2 Å². The van der Waals surface area contributed by atoms with E-state index in [0.717, 1.165) is 38.9 Å². The van der Waals surface area contributed by atoms with Crippen molar-refractivity contribution in [2.45, 2.75) is 12.6 Å². The lowest BCUT2D eigenvalue weighted by Gasteiger charge is -2.29. The van der Waals surface area contributed by atoms with Crippen LogP contribution in [-0.4, -0.2) is 25.4 Å². The molecule has 3 N–H and O–H groups in total. The van der Waals surface area contributed by atoms with Crippen LogP contribution in [0.15, 0.2) is 73.7 Å². The summed E-state index contributed by atoms with van der Waals surface area (Å²) in [5.74, 6) is 0.0723. The van der Waals surface area contributed by atoms with Crippen LogP contribution >= 0.6 is 0 Å². The Kier molecular flexibility index (Phi) is 4.57. The highest BCUT2D eigenvalue weighted by molar-refractivity contribution is 6.09. The topological polar surface area (TPSA) is 123 Å². The monoisotopic (exact) mass is 457 g/mol. The fourth-order valence-corrected chi connectivity index (χ4v) is 4.91. The molecule has 1 aliphatic rings. The molecule has 35 heavy (non-hydrogen) atoms. The van der Waals surface area contributed by atoms with Gasteiger partial charge in [0.25, 0.3) is 0 Å². The summed E-state index contributed by atoms with van der Waals surface area (Å²) in [5, 5.41) is 14.3. The van der Waals surface area contributed by atoms with Gasteiger partial charge in [0.2, 0.25) is 5.91 Å². The predicted octanol–water partition coefficient (Wildman–Crippen LogP) is 4.12. The van der Waals surface area contributed by atoms with Crippen molar-refractivity contribution in [2.75, 3.05) is 5.73 Å². The quantitative estimate of drug-likeness (QED) is 0.393. The van der Waals surface area contributed by atoms with E-state index in [9.17, 15) is 10.1 Å². The number of nitrogens with zero attached hydrogens (tertiary/aromatic N) is 5. The van der Waals surface area contributed by atoms with Gasteiger partial charge in [-0.25, -0.2) is 9.97 Å². The molecular weight excluding hydrogens is 438 g/mol. The molecule has 3 aromatic heterocycles. The van der Waals surface area contributed by atoms with Gasteiger partial charge >= 0.3 is 0 Å². The molecule has 0 radical (unpaired) electrons. The van der Waals surface area contributed by atoms with Crippen molar-refractivity contribution in [1.82, 2.24) is 24.8 Å². The van der Waals surface area contributed by atoms with Crippen molar-refractivity contribution in [1.29, 1.82) is 5.26 Å². The number of amides is 1. The van der Waals surface area contributed by atoms with E-state index in [4.69, 9.17) is 5.73 Å². The molecule has 8 nitrogen and oxygen atoms in total. The van der Waals surface area contributed by atoms with Gasteiger partial charge in [-0.2, -0.15) is 5.26 Å². The van der Waals surface area contributed by atoms with Crippen molar-refractivity contribution >= 4 is 33.7 Å². The summed E-state index contributed by atoms with van der Waals surface area (Å²) in [6.45, 7) is 4.01.